The fraction of sp³-hybridized carbons (Fsp3) is 0.750. The first-order valence-corrected chi connectivity index (χ1v) is 27.1. The second kappa shape index (κ2) is 33.2. The number of fused-ring (bicyclic) bond motifs is 2. The Morgan fingerprint density at radius 1 is 0.393 bits per heavy atom. The molecule has 0 bridgehead atoms. The zero-order chi connectivity index (χ0) is 43.3. The van der Waals surface area contributed by atoms with E-state index in [-0.39, 0.29) is 59.9 Å². The molecule has 0 aliphatic carbocycles. The molecule has 10 nitrogen and oxygen atoms in total. The first-order valence-electron chi connectivity index (χ1n) is 24.3. The van der Waals surface area contributed by atoms with Gasteiger partial charge in [-0.3, -0.25) is 0 Å². The number of hydrogen-bond donors (Lipinski definition) is 4. The molecule has 13 heteroatoms. The summed E-state index contributed by atoms with van der Waals surface area (Å²) in [5.41, 5.74) is 2.27. The maximum Gasteiger partial charge on any atom is 2.00 e. The number of unbranched alkanes of at least 4 members (excludes halogenated alkanes) is 28. The smallest absolute Gasteiger partial charge is 0.744 e. The Hall–Kier alpha value is -1.28. The van der Waals surface area contributed by atoms with Crippen molar-refractivity contribution in [3.05, 3.63) is 36.4 Å². The molecule has 0 radical (unpaired) electrons. The monoisotopic (exact) mass is 915 g/mol. The maximum absolute atomic E-state index is 11.4. The van der Waals surface area contributed by atoms with Crippen LogP contribution in [0.25, 0.3) is 0 Å². The standard InChI is InChI=1S/2C24H42N2O3S.Ca/c2*1-2-3-4-5-6-7-8-9-10-11-12-13-14-15-16-20-23-25-21-18-17-19-22(24(21)26-23)30(27,28)29;/h2*17-19,23,25-26H,2-16,20H2,1H3,(H,27,28,29);/q;;+2/p-2. The number of para-hydroxylation sites is 2. The van der Waals surface area contributed by atoms with Gasteiger partial charge in [0.2, 0.25) is 0 Å². The molecule has 2 aliphatic heterocycles. The van der Waals surface area contributed by atoms with Crippen LogP contribution in [0.4, 0.5) is 22.7 Å². The Morgan fingerprint density at radius 3 is 0.885 bits per heavy atom. The van der Waals surface area contributed by atoms with Gasteiger partial charge in [-0.2, -0.15) is 0 Å². The van der Waals surface area contributed by atoms with E-state index in [0.29, 0.717) is 22.7 Å². The van der Waals surface area contributed by atoms with Crippen LogP contribution in [0.3, 0.4) is 0 Å². The van der Waals surface area contributed by atoms with Gasteiger partial charge in [0, 0.05) is 0 Å². The molecule has 0 saturated carbocycles. The van der Waals surface area contributed by atoms with Gasteiger partial charge in [0.25, 0.3) is 0 Å². The van der Waals surface area contributed by atoms with Crippen molar-refractivity contribution in [2.75, 3.05) is 21.3 Å². The SMILES string of the molecule is CCCCCCCCCCCCCCCCCC1Nc2cccc(S(=O)(=O)[O-])c2N1.CCCCCCCCCCCCCCCCCC1Nc2cccc(S(=O)(=O)[O-])c2N1.[Ca+2]. The third kappa shape index (κ3) is 24.0. The number of benzene rings is 2. The van der Waals surface area contributed by atoms with Crippen LogP contribution in [-0.4, -0.2) is 76.0 Å². The van der Waals surface area contributed by atoms with Crippen LogP contribution in [-0.2, 0) is 20.2 Å². The molecule has 0 amide bonds. The molecule has 344 valence electrons. The summed E-state index contributed by atoms with van der Waals surface area (Å²) in [5, 5.41) is 12.9. The van der Waals surface area contributed by atoms with Crippen molar-refractivity contribution in [1.82, 2.24) is 0 Å². The molecule has 2 aliphatic rings. The Labute approximate surface area is 402 Å². The summed E-state index contributed by atoms with van der Waals surface area (Å²) in [6.45, 7) is 4.54. The second-order valence-electron chi connectivity index (χ2n) is 17.4. The molecule has 0 fully saturated rings. The Bertz CT molecular complexity index is 1540. The average molecular weight is 915 g/mol. The van der Waals surface area contributed by atoms with Gasteiger partial charge < -0.3 is 30.4 Å². The molecule has 0 saturated heterocycles. The summed E-state index contributed by atoms with van der Waals surface area (Å²) in [6.07, 6.45) is 42.2. The van der Waals surface area contributed by atoms with E-state index < -0.39 is 20.2 Å². The van der Waals surface area contributed by atoms with Crippen LogP contribution in [0.5, 0.6) is 0 Å². The summed E-state index contributed by atoms with van der Waals surface area (Å²) >= 11 is 0. The topological polar surface area (TPSA) is 163 Å². The number of rotatable bonds is 34. The average Bonchev–Trinajstić information content (AvgIpc) is 3.84. The van der Waals surface area contributed by atoms with Gasteiger partial charge in [-0.15, -0.1) is 0 Å². The molecule has 4 N–H and O–H groups in total. The minimum absolute atomic E-state index is 0. The second-order valence-corrected chi connectivity index (χ2v) is 20.1. The fourth-order valence-electron chi connectivity index (χ4n) is 8.54. The molecule has 2 unspecified atom stereocenters. The molecule has 0 aromatic heterocycles. The van der Waals surface area contributed by atoms with Crippen LogP contribution >= 0.6 is 0 Å². The van der Waals surface area contributed by atoms with E-state index in [9.17, 15) is 25.9 Å². The van der Waals surface area contributed by atoms with Crippen LogP contribution in [0, 0.1) is 0 Å². The first-order chi connectivity index (χ1) is 29.0. The molecule has 2 aromatic rings. The summed E-state index contributed by atoms with van der Waals surface area (Å²) in [5.74, 6) is 0. The van der Waals surface area contributed by atoms with Crippen LogP contribution in [0.1, 0.15) is 219 Å². The van der Waals surface area contributed by atoms with E-state index in [2.05, 4.69) is 35.1 Å². The van der Waals surface area contributed by atoms with Crippen molar-refractivity contribution in [1.29, 1.82) is 0 Å². The van der Waals surface area contributed by atoms with Crippen molar-refractivity contribution in [2.24, 2.45) is 0 Å². The van der Waals surface area contributed by atoms with Crippen molar-refractivity contribution in [3.63, 3.8) is 0 Å². The van der Waals surface area contributed by atoms with Gasteiger partial charge in [-0.25, -0.2) is 16.8 Å². The van der Waals surface area contributed by atoms with E-state index in [1.807, 2.05) is 12.1 Å². The normalized spacial score (nSPS) is 15.3. The largest absolute Gasteiger partial charge is 2.00 e. The van der Waals surface area contributed by atoms with E-state index in [0.717, 1.165) is 25.7 Å². The zero-order valence-corrected chi connectivity index (χ0v) is 42.1. The van der Waals surface area contributed by atoms with Gasteiger partial charge in [-0.05, 0) is 49.9 Å². The van der Waals surface area contributed by atoms with Gasteiger partial charge in [0.15, 0.2) is 0 Å². The van der Waals surface area contributed by atoms with E-state index >= 15 is 0 Å². The molecule has 4 rings (SSSR count). The van der Waals surface area contributed by atoms with E-state index in [4.69, 9.17) is 0 Å². The minimum atomic E-state index is -4.45. The molecular weight excluding hydrogens is 833 g/mol. The predicted molar refractivity (Wildman–Crippen MR) is 256 cm³/mol. The third-order valence-electron chi connectivity index (χ3n) is 12.1. The van der Waals surface area contributed by atoms with Crippen LogP contribution < -0.4 is 21.3 Å². The summed E-state index contributed by atoms with van der Waals surface area (Å²) in [4.78, 5) is -0.321. The van der Waals surface area contributed by atoms with Crippen LogP contribution in [0.2, 0.25) is 0 Å². The number of anilines is 4. The molecule has 61 heavy (non-hydrogen) atoms. The molecular formula is C48H82CaN4O6S2. The predicted octanol–water partition coefficient (Wildman–Crippen LogP) is 13.7. The maximum atomic E-state index is 11.4. The van der Waals surface area contributed by atoms with E-state index in [1.54, 1.807) is 12.1 Å². The fourth-order valence-corrected chi connectivity index (χ4v) is 9.87. The Morgan fingerprint density at radius 2 is 0.639 bits per heavy atom. The zero-order valence-electron chi connectivity index (χ0n) is 38.2. The van der Waals surface area contributed by atoms with Crippen LogP contribution in [0.15, 0.2) is 46.2 Å². The molecule has 2 atom stereocenters. The Kier molecular flexibility index (Phi) is 30.4. The third-order valence-corrected chi connectivity index (χ3v) is 13.8. The first kappa shape index (κ1) is 55.9. The summed E-state index contributed by atoms with van der Waals surface area (Å²) < 4.78 is 68.3. The van der Waals surface area contributed by atoms with Crippen molar-refractivity contribution < 1.29 is 25.9 Å². The van der Waals surface area contributed by atoms with Gasteiger partial charge in [-0.1, -0.05) is 206 Å². The van der Waals surface area contributed by atoms with Gasteiger partial charge >= 0.3 is 37.7 Å². The summed E-state index contributed by atoms with van der Waals surface area (Å²) in [7, 11) is -8.91. The summed E-state index contributed by atoms with van der Waals surface area (Å²) in [6, 6.07) is 9.56. The van der Waals surface area contributed by atoms with Crippen molar-refractivity contribution in [2.45, 2.75) is 241 Å². The van der Waals surface area contributed by atoms with Gasteiger partial charge in [0.05, 0.1) is 44.9 Å². The van der Waals surface area contributed by atoms with Crippen molar-refractivity contribution in [3.8, 4) is 0 Å². The van der Waals surface area contributed by atoms with Gasteiger partial charge in [0.1, 0.15) is 20.2 Å². The molecule has 0 spiro atoms. The Balaban J connectivity index is 0.000000413. The number of hydrogen-bond acceptors (Lipinski definition) is 10. The van der Waals surface area contributed by atoms with Crippen molar-refractivity contribution >= 4 is 80.7 Å². The molecule has 2 heterocycles. The quantitative estimate of drug-likeness (QED) is 0.0302. The molecule has 2 aromatic carbocycles. The number of nitrogens with one attached hydrogen (secondary N) is 4. The van der Waals surface area contributed by atoms with E-state index in [1.165, 1.54) is 192 Å². The minimum Gasteiger partial charge on any atom is -0.744 e.